The van der Waals surface area contributed by atoms with Gasteiger partial charge in [-0.1, -0.05) is 47.0 Å². The Morgan fingerprint density at radius 3 is 1.42 bits per heavy atom. The van der Waals surface area contributed by atoms with Gasteiger partial charge in [-0.05, 0) is 102 Å². The Kier molecular flexibility index (Phi) is 6.65. The SMILES string of the molecule is Cc1cc(C)c(N2C(=O)C(C)(C)C(=O)N(c3c(C)cc(C)cc3C)C2Nc2ccc(Cl)cc2)c(C)c1. The van der Waals surface area contributed by atoms with Crippen LogP contribution in [-0.4, -0.2) is 18.1 Å². The van der Waals surface area contributed by atoms with E-state index in [2.05, 4.69) is 29.6 Å². The van der Waals surface area contributed by atoms with Crippen molar-refractivity contribution in [2.24, 2.45) is 5.41 Å². The van der Waals surface area contributed by atoms with E-state index in [9.17, 15) is 9.59 Å². The number of aryl methyl sites for hydroxylation is 6. The number of carbonyl (C=O) groups is 2. The van der Waals surface area contributed by atoms with E-state index in [1.807, 2.05) is 53.7 Å². The predicted molar refractivity (Wildman–Crippen MR) is 149 cm³/mol. The van der Waals surface area contributed by atoms with Crippen LogP contribution in [0.3, 0.4) is 0 Å². The molecule has 1 N–H and O–H groups in total. The topological polar surface area (TPSA) is 52.7 Å². The molecule has 0 radical (unpaired) electrons. The molecule has 0 aliphatic carbocycles. The molecular weight excluding hydrogens is 470 g/mol. The zero-order valence-electron chi connectivity index (χ0n) is 22.3. The number of rotatable bonds is 4. The average molecular weight is 504 g/mol. The second-order valence-electron chi connectivity index (χ2n) is 10.5. The van der Waals surface area contributed by atoms with Crippen molar-refractivity contribution in [3.05, 3.63) is 86.9 Å². The fraction of sp³-hybridized carbons (Fsp3) is 0.333. The second kappa shape index (κ2) is 9.29. The maximum Gasteiger partial charge on any atom is 0.245 e. The Morgan fingerprint density at radius 2 is 1.06 bits per heavy atom. The first-order valence-electron chi connectivity index (χ1n) is 12.2. The van der Waals surface area contributed by atoms with E-state index in [-0.39, 0.29) is 11.8 Å². The first kappa shape index (κ1) is 25.8. The fourth-order valence-electron chi connectivity index (χ4n) is 5.41. The van der Waals surface area contributed by atoms with E-state index < -0.39 is 11.7 Å². The molecule has 5 nitrogen and oxygen atoms in total. The van der Waals surface area contributed by atoms with Gasteiger partial charge in [-0.25, -0.2) is 0 Å². The zero-order chi connectivity index (χ0) is 26.5. The lowest BCUT2D eigenvalue weighted by Gasteiger charge is -2.50. The van der Waals surface area contributed by atoms with Crippen LogP contribution in [-0.2, 0) is 9.59 Å². The number of hydrogen-bond acceptors (Lipinski definition) is 3. The van der Waals surface area contributed by atoms with Gasteiger partial charge in [-0.2, -0.15) is 0 Å². The molecule has 3 aromatic rings. The van der Waals surface area contributed by atoms with Crippen molar-refractivity contribution in [2.45, 2.75) is 61.7 Å². The minimum Gasteiger partial charge on any atom is -0.347 e. The Bertz CT molecular complexity index is 1240. The third-order valence-electron chi connectivity index (χ3n) is 6.89. The summed E-state index contributed by atoms with van der Waals surface area (Å²) in [6.07, 6.45) is -0.778. The lowest BCUT2D eigenvalue weighted by molar-refractivity contribution is -0.141. The summed E-state index contributed by atoms with van der Waals surface area (Å²) < 4.78 is 0. The zero-order valence-corrected chi connectivity index (χ0v) is 23.0. The molecule has 0 spiro atoms. The van der Waals surface area contributed by atoms with Crippen molar-refractivity contribution in [1.29, 1.82) is 0 Å². The average Bonchev–Trinajstić information content (AvgIpc) is 2.77. The molecule has 1 fully saturated rings. The summed E-state index contributed by atoms with van der Waals surface area (Å²) in [5.41, 5.74) is 7.27. The van der Waals surface area contributed by atoms with Gasteiger partial charge in [0.05, 0.1) is 11.4 Å². The first-order chi connectivity index (χ1) is 16.8. The number of anilines is 3. The highest BCUT2D eigenvalue weighted by Gasteiger charge is 2.53. The van der Waals surface area contributed by atoms with Crippen LogP contribution in [0, 0.1) is 47.0 Å². The fourth-order valence-corrected chi connectivity index (χ4v) is 5.53. The second-order valence-corrected chi connectivity index (χ2v) is 10.9. The molecule has 1 saturated heterocycles. The van der Waals surface area contributed by atoms with Crippen molar-refractivity contribution in [3.8, 4) is 0 Å². The molecule has 1 aliphatic heterocycles. The number of amides is 2. The van der Waals surface area contributed by atoms with Crippen LogP contribution in [0.25, 0.3) is 0 Å². The summed E-state index contributed by atoms with van der Waals surface area (Å²) in [5.74, 6) is -0.486. The van der Waals surface area contributed by atoms with Gasteiger partial charge in [0.2, 0.25) is 11.8 Å². The van der Waals surface area contributed by atoms with Gasteiger partial charge in [0.15, 0.2) is 6.29 Å². The molecule has 4 rings (SSSR count). The van der Waals surface area contributed by atoms with Crippen molar-refractivity contribution in [3.63, 3.8) is 0 Å². The molecular formula is C30H34ClN3O2. The monoisotopic (exact) mass is 503 g/mol. The minimum atomic E-state index is -1.26. The number of carbonyl (C=O) groups excluding carboxylic acids is 2. The molecule has 1 aliphatic rings. The van der Waals surface area contributed by atoms with Gasteiger partial charge in [0.1, 0.15) is 5.41 Å². The maximum atomic E-state index is 14.1. The van der Waals surface area contributed by atoms with Gasteiger partial charge in [0.25, 0.3) is 0 Å². The van der Waals surface area contributed by atoms with Crippen LogP contribution in [0.2, 0.25) is 5.02 Å². The number of nitrogens with one attached hydrogen (secondary N) is 1. The molecule has 2 amide bonds. The van der Waals surface area contributed by atoms with Crippen LogP contribution in [0.15, 0.2) is 48.5 Å². The number of benzene rings is 3. The summed E-state index contributed by atoms with van der Waals surface area (Å²) >= 11 is 6.14. The lowest BCUT2D eigenvalue weighted by Crippen LogP contribution is -2.69. The first-order valence-corrected chi connectivity index (χ1v) is 12.6. The molecule has 0 bridgehead atoms. The Balaban J connectivity index is 2.02. The van der Waals surface area contributed by atoms with Crippen molar-refractivity contribution in [2.75, 3.05) is 15.1 Å². The molecule has 3 aromatic carbocycles. The number of hydrogen-bond donors (Lipinski definition) is 1. The minimum absolute atomic E-state index is 0.243. The number of nitrogens with zero attached hydrogens (tertiary/aromatic N) is 2. The molecule has 0 unspecified atom stereocenters. The smallest absolute Gasteiger partial charge is 0.245 e. The summed E-state index contributed by atoms with van der Waals surface area (Å²) in [5, 5.41) is 4.11. The largest absolute Gasteiger partial charge is 0.347 e. The van der Waals surface area contributed by atoms with Gasteiger partial charge in [-0.3, -0.25) is 19.4 Å². The third kappa shape index (κ3) is 4.37. The predicted octanol–water partition coefficient (Wildman–Crippen LogP) is 6.99. The van der Waals surface area contributed by atoms with Crippen LogP contribution in [0.4, 0.5) is 17.1 Å². The summed E-state index contributed by atoms with van der Waals surface area (Å²) in [4.78, 5) is 31.8. The van der Waals surface area contributed by atoms with E-state index in [0.29, 0.717) is 5.02 Å². The van der Waals surface area contributed by atoms with E-state index in [1.54, 1.807) is 35.8 Å². The summed E-state index contributed by atoms with van der Waals surface area (Å²) in [6.45, 7) is 15.6. The van der Waals surface area contributed by atoms with E-state index >= 15 is 0 Å². The third-order valence-corrected chi connectivity index (χ3v) is 7.14. The van der Waals surface area contributed by atoms with Gasteiger partial charge >= 0.3 is 0 Å². The van der Waals surface area contributed by atoms with Crippen LogP contribution < -0.4 is 15.1 Å². The molecule has 0 aromatic heterocycles. The van der Waals surface area contributed by atoms with Crippen molar-refractivity contribution < 1.29 is 9.59 Å². The quantitative estimate of drug-likeness (QED) is 0.390. The molecule has 6 heteroatoms. The van der Waals surface area contributed by atoms with Gasteiger partial charge in [0, 0.05) is 10.7 Å². The van der Waals surface area contributed by atoms with E-state index in [1.165, 1.54) is 0 Å². The Morgan fingerprint density at radius 1 is 0.694 bits per heavy atom. The van der Waals surface area contributed by atoms with E-state index in [4.69, 9.17) is 11.6 Å². The van der Waals surface area contributed by atoms with Crippen LogP contribution >= 0.6 is 11.6 Å². The lowest BCUT2D eigenvalue weighted by atomic mass is 9.85. The molecule has 0 saturated carbocycles. The highest BCUT2D eigenvalue weighted by atomic mass is 35.5. The number of halogens is 1. The summed E-state index contributed by atoms with van der Waals surface area (Å²) in [7, 11) is 0. The Hall–Kier alpha value is -3.31. The van der Waals surface area contributed by atoms with Crippen molar-refractivity contribution >= 4 is 40.5 Å². The molecule has 1 heterocycles. The Labute approximate surface area is 219 Å². The normalized spacial score (nSPS) is 16.0. The maximum absolute atomic E-state index is 14.1. The van der Waals surface area contributed by atoms with Crippen LogP contribution in [0.5, 0.6) is 0 Å². The highest BCUT2D eigenvalue weighted by molar-refractivity contribution is 6.30. The molecule has 36 heavy (non-hydrogen) atoms. The molecule has 188 valence electrons. The van der Waals surface area contributed by atoms with E-state index in [0.717, 1.165) is 50.4 Å². The van der Waals surface area contributed by atoms with Gasteiger partial charge in [-0.15, -0.1) is 0 Å². The molecule has 0 atom stereocenters. The highest BCUT2D eigenvalue weighted by Crippen LogP contribution is 2.42. The standard InChI is InChI=1S/C30H34ClN3O2/c1-17-13-19(3)25(20(4)14-17)33-27(35)30(7,8)28(36)34(26-21(5)15-18(2)16-22(26)6)29(33)32-24-11-9-23(31)10-12-24/h9-16,29,32H,1-8H3. The summed E-state index contributed by atoms with van der Waals surface area (Å²) in [6, 6.07) is 15.6. The van der Waals surface area contributed by atoms with Gasteiger partial charge < -0.3 is 5.32 Å². The van der Waals surface area contributed by atoms with Crippen molar-refractivity contribution in [1.82, 2.24) is 0 Å². The van der Waals surface area contributed by atoms with Crippen LogP contribution in [0.1, 0.15) is 47.2 Å².